The van der Waals surface area contributed by atoms with E-state index in [1.54, 1.807) is 22.9 Å². The average Bonchev–Trinajstić information content (AvgIpc) is 3.47. The van der Waals surface area contributed by atoms with Crippen molar-refractivity contribution < 1.29 is 4.79 Å². The number of hydrazine groups is 1. The molecule has 218 valence electrons. The van der Waals surface area contributed by atoms with Gasteiger partial charge in [-0.25, -0.2) is 9.69 Å². The number of hydrogen-bond acceptors (Lipinski definition) is 6. The number of thiophene rings is 1. The van der Waals surface area contributed by atoms with Crippen molar-refractivity contribution in [1.29, 1.82) is 5.26 Å². The van der Waals surface area contributed by atoms with Gasteiger partial charge < -0.3 is 0 Å². The van der Waals surface area contributed by atoms with Gasteiger partial charge in [-0.05, 0) is 75.1 Å². The van der Waals surface area contributed by atoms with Crippen LogP contribution in [0.3, 0.4) is 0 Å². The lowest BCUT2D eigenvalue weighted by atomic mass is 10.1. The number of amides is 1. The van der Waals surface area contributed by atoms with Crippen molar-refractivity contribution in [1.82, 2.24) is 25.5 Å². The highest BCUT2D eigenvalue weighted by Crippen LogP contribution is 2.39. The van der Waals surface area contributed by atoms with Gasteiger partial charge in [0.1, 0.15) is 5.54 Å². The molecule has 1 saturated heterocycles. The van der Waals surface area contributed by atoms with Crippen molar-refractivity contribution in [3.8, 4) is 34.2 Å². The molecule has 2 aromatic heterocycles. The summed E-state index contributed by atoms with van der Waals surface area (Å²) in [6.45, 7) is 3.93. The van der Waals surface area contributed by atoms with E-state index in [0.717, 1.165) is 66.2 Å². The zero-order valence-corrected chi connectivity index (χ0v) is 26.0. The second-order valence-corrected chi connectivity index (χ2v) is 12.9. The maximum absolute atomic E-state index is 13.8. The molecule has 4 aromatic rings. The molecular weight excluding hydrogens is 599 g/mol. The molecule has 10 heteroatoms. The van der Waals surface area contributed by atoms with E-state index >= 15 is 0 Å². The van der Waals surface area contributed by atoms with E-state index in [-0.39, 0.29) is 11.6 Å². The Kier molecular flexibility index (Phi) is 8.59. The van der Waals surface area contributed by atoms with E-state index < -0.39 is 5.54 Å². The molecule has 0 radical (unpaired) electrons. The summed E-state index contributed by atoms with van der Waals surface area (Å²) in [4.78, 5) is 15.6. The third-order valence-corrected chi connectivity index (χ3v) is 9.29. The number of benzene rings is 2. The minimum Gasteiger partial charge on any atom is -0.295 e. The van der Waals surface area contributed by atoms with Crippen LogP contribution in [0.2, 0.25) is 10.0 Å². The van der Waals surface area contributed by atoms with Gasteiger partial charge >= 0.3 is 0 Å². The monoisotopic (exact) mass is 628 g/mol. The van der Waals surface area contributed by atoms with Crippen LogP contribution in [0.4, 0.5) is 0 Å². The van der Waals surface area contributed by atoms with Gasteiger partial charge in [0, 0.05) is 35.8 Å². The van der Waals surface area contributed by atoms with Crippen LogP contribution >= 0.6 is 34.5 Å². The summed E-state index contributed by atoms with van der Waals surface area (Å²) in [6.07, 6.45) is 4.74. The number of nitrogens with zero attached hydrogens (tertiary/aromatic N) is 4. The van der Waals surface area contributed by atoms with E-state index in [2.05, 4.69) is 28.7 Å². The first-order valence-corrected chi connectivity index (χ1v) is 15.9. The molecule has 1 aliphatic carbocycles. The zero-order valence-electron chi connectivity index (χ0n) is 23.7. The number of hydrogen-bond donors (Lipinski definition) is 2. The van der Waals surface area contributed by atoms with Gasteiger partial charge in [-0.1, -0.05) is 59.2 Å². The van der Waals surface area contributed by atoms with E-state index in [9.17, 15) is 10.1 Å². The number of aromatic nitrogens is 2. The summed E-state index contributed by atoms with van der Waals surface area (Å²) in [6, 6.07) is 19.7. The van der Waals surface area contributed by atoms with Gasteiger partial charge in [-0.15, -0.1) is 11.3 Å². The quantitative estimate of drug-likeness (QED) is 0.218. The van der Waals surface area contributed by atoms with E-state index in [1.165, 1.54) is 16.9 Å². The van der Waals surface area contributed by atoms with Crippen molar-refractivity contribution in [3.63, 3.8) is 0 Å². The topological polar surface area (TPSA) is 86.0 Å². The van der Waals surface area contributed by atoms with Crippen LogP contribution in [0.15, 0.2) is 54.6 Å². The van der Waals surface area contributed by atoms with E-state index in [4.69, 9.17) is 28.3 Å². The maximum atomic E-state index is 13.8. The highest BCUT2D eigenvalue weighted by molar-refractivity contribution is 7.16. The van der Waals surface area contributed by atoms with Crippen molar-refractivity contribution in [3.05, 3.63) is 91.9 Å². The van der Waals surface area contributed by atoms with Gasteiger partial charge in [0.2, 0.25) is 0 Å². The Hall–Kier alpha value is -3.63. The van der Waals surface area contributed by atoms with Crippen LogP contribution in [-0.4, -0.2) is 39.3 Å². The molecular formula is C33H30Cl2N6OS. The van der Waals surface area contributed by atoms with Crippen LogP contribution in [0.5, 0.6) is 0 Å². The van der Waals surface area contributed by atoms with Crippen molar-refractivity contribution in [2.45, 2.75) is 51.1 Å². The SMILES string of the molecule is Cc1ccc(C#Cc2ccc(-c3c(CNC4(C#N)CC4)c(C(=O)NN4CCCCC4)nn3-c3ccc(Cl)cc3Cl)s2)cc1. The Morgan fingerprint density at radius 3 is 2.51 bits per heavy atom. The maximum Gasteiger partial charge on any atom is 0.286 e. The minimum atomic E-state index is -0.585. The molecule has 0 unspecified atom stereocenters. The summed E-state index contributed by atoms with van der Waals surface area (Å²) < 4.78 is 1.72. The number of aryl methyl sites for hydroxylation is 1. The van der Waals surface area contributed by atoms with Crippen molar-refractivity contribution >= 4 is 40.4 Å². The fourth-order valence-corrected chi connectivity index (χ4v) is 6.50. The number of rotatable bonds is 7. The minimum absolute atomic E-state index is 0.286. The molecule has 2 fully saturated rings. The second kappa shape index (κ2) is 12.5. The molecule has 1 saturated carbocycles. The number of nitriles is 1. The second-order valence-electron chi connectivity index (χ2n) is 11.0. The molecule has 2 aliphatic rings. The Balaban J connectivity index is 1.45. The first-order chi connectivity index (χ1) is 20.8. The highest BCUT2D eigenvalue weighted by atomic mass is 35.5. The van der Waals surface area contributed by atoms with Crippen LogP contribution in [0.25, 0.3) is 16.3 Å². The number of halogens is 2. The molecule has 43 heavy (non-hydrogen) atoms. The van der Waals surface area contributed by atoms with Gasteiger partial charge in [-0.2, -0.15) is 10.4 Å². The zero-order chi connectivity index (χ0) is 30.0. The summed E-state index contributed by atoms with van der Waals surface area (Å²) >= 11 is 14.5. The van der Waals surface area contributed by atoms with Crippen molar-refractivity contribution in [2.24, 2.45) is 0 Å². The van der Waals surface area contributed by atoms with E-state index in [1.807, 2.05) is 48.3 Å². The van der Waals surface area contributed by atoms with Crippen LogP contribution in [-0.2, 0) is 6.54 Å². The lowest BCUT2D eigenvalue weighted by Crippen LogP contribution is -2.45. The Labute approximate surface area is 265 Å². The van der Waals surface area contributed by atoms with E-state index in [0.29, 0.717) is 27.8 Å². The van der Waals surface area contributed by atoms with Gasteiger partial charge in [0.25, 0.3) is 5.91 Å². The Morgan fingerprint density at radius 1 is 1.05 bits per heavy atom. The van der Waals surface area contributed by atoms with Crippen LogP contribution in [0.1, 0.15) is 64.2 Å². The smallest absolute Gasteiger partial charge is 0.286 e. The van der Waals surface area contributed by atoms with Gasteiger partial charge in [0.15, 0.2) is 5.69 Å². The lowest BCUT2D eigenvalue weighted by molar-refractivity contribution is 0.0743. The predicted molar refractivity (Wildman–Crippen MR) is 171 cm³/mol. The summed E-state index contributed by atoms with van der Waals surface area (Å²) in [7, 11) is 0. The number of carbonyl (C=O) groups is 1. The summed E-state index contributed by atoms with van der Waals surface area (Å²) in [5.74, 6) is 6.23. The Morgan fingerprint density at radius 2 is 1.81 bits per heavy atom. The molecule has 2 N–H and O–H groups in total. The first kappa shape index (κ1) is 29.4. The largest absolute Gasteiger partial charge is 0.295 e. The predicted octanol–water partition coefficient (Wildman–Crippen LogP) is 6.89. The van der Waals surface area contributed by atoms with Crippen molar-refractivity contribution in [2.75, 3.05) is 13.1 Å². The fourth-order valence-electron chi connectivity index (χ4n) is 5.10. The first-order valence-electron chi connectivity index (χ1n) is 14.3. The molecule has 0 atom stereocenters. The molecule has 7 nitrogen and oxygen atoms in total. The molecule has 3 heterocycles. The number of nitrogens with one attached hydrogen (secondary N) is 2. The third kappa shape index (κ3) is 6.65. The third-order valence-electron chi connectivity index (χ3n) is 7.74. The van der Waals surface area contributed by atoms with Gasteiger partial charge in [0.05, 0.1) is 32.2 Å². The molecule has 1 amide bonds. The normalized spacial score (nSPS) is 15.8. The highest BCUT2D eigenvalue weighted by Gasteiger charge is 2.43. The van der Waals surface area contributed by atoms with Crippen LogP contribution in [0, 0.1) is 30.1 Å². The average molecular weight is 630 g/mol. The molecule has 6 rings (SSSR count). The standard InChI is InChI=1S/C33H30Cl2N6OS/c1-22-5-7-23(8-6-22)9-11-25-12-14-29(43-25)31-26(20-37-33(21-36)15-16-33)30(32(42)39-40-17-3-2-4-18-40)38-41(31)28-13-10-24(34)19-27(28)35/h5-8,10,12-14,19,37H,2-4,15-18,20H2,1H3,(H,39,42). The van der Waals surface area contributed by atoms with Gasteiger partial charge in [-0.3, -0.25) is 15.5 Å². The fraction of sp³-hybridized carbons (Fsp3) is 0.303. The molecule has 2 aromatic carbocycles. The summed E-state index contributed by atoms with van der Waals surface area (Å²) in [5, 5.41) is 20.9. The molecule has 0 bridgehead atoms. The molecule has 1 aliphatic heterocycles. The summed E-state index contributed by atoms with van der Waals surface area (Å²) in [5.41, 5.74) is 6.91. The number of carbonyl (C=O) groups excluding carboxylic acids is 1. The number of piperidine rings is 1. The lowest BCUT2D eigenvalue weighted by Gasteiger charge is -2.26. The Bertz CT molecular complexity index is 1770. The molecule has 0 spiro atoms. The van der Waals surface area contributed by atoms with Crippen LogP contribution < -0.4 is 10.7 Å².